The lowest BCUT2D eigenvalue weighted by Crippen LogP contribution is -2.14. The fraction of sp³-hybridized carbons (Fsp3) is 0.120. The number of carbonyl (C=O) groups is 2. The quantitative estimate of drug-likeness (QED) is 0.417. The van der Waals surface area contributed by atoms with Crippen LogP contribution in [0.15, 0.2) is 83.3 Å². The third kappa shape index (κ3) is 6.27. The summed E-state index contributed by atoms with van der Waals surface area (Å²) in [5.41, 5.74) is 2.97. The van der Waals surface area contributed by atoms with Gasteiger partial charge in [-0.3, -0.25) is 9.59 Å². The van der Waals surface area contributed by atoms with E-state index in [0.717, 1.165) is 11.1 Å². The summed E-state index contributed by atoms with van der Waals surface area (Å²) in [6.45, 7) is 1.56. The molecule has 4 aromatic rings. The first-order valence-electron chi connectivity index (χ1n) is 10.3. The van der Waals surface area contributed by atoms with Gasteiger partial charge in [-0.2, -0.15) is 0 Å². The van der Waals surface area contributed by atoms with Gasteiger partial charge in [-0.1, -0.05) is 36.4 Å². The van der Waals surface area contributed by atoms with E-state index in [0.29, 0.717) is 28.9 Å². The first-order chi connectivity index (χ1) is 16.0. The SMILES string of the molecule is CC(=O)Nc1ccc(CC(=O)Nc2cccc(OCc3nnc(-c4ccccc4)o3)c2)cc1. The van der Waals surface area contributed by atoms with Gasteiger partial charge in [-0.05, 0) is 42.0 Å². The molecule has 0 saturated carbocycles. The molecule has 166 valence electrons. The van der Waals surface area contributed by atoms with Gasteiger partial charge in [-0.25, -0.2) is 0 Å². The molecule has 0 saturated heterocycles. The van der Waals surface area contributed by atoms with Crippen molar-refractivity contribution in [1.29, 1.82) is 0 Å². The van der Waals surface area contributed by atoms with Crippen molar-refractivity contribution in [1.82, 2.24) is 10.2 Å². The van der Waals surface area contributed by atoms with Crippen LogP contribution in [-0.2, 0) is 22.6 Å². The average molecular weight is 442 g/mol. The molecule has 8 nitrogen and oxygen atoms in total. The van der Waals surface area contributed by atoms with Crippen LogP contribution in [0.1, 0.15) is 18.4 Å². The van der Waals surface area contributed by atoms with Gasteiger partial charge in [0.05, 0.1) is 6.42 Å². The topological polar surface area (TPSA) is 106 Å². The Morgan fingerprint density at radius 2 is 1.67 bits per heavy atom. The lowest BCUT2D eigenvalue weighted by molar-refractivity contribution is -0.116. The number of carbonyl (C=O) groups excluding carboxylic acids is 2. The molecule has 0 aliphatic rings. The number of aromatic nitrogens is 2. The zero-order valence-electron chi connectivity index (χ0n) is 17.9. The van der Waals surface area contributed by atoms with Gasteiger partial charge in [-0.15, -0.1) is 10.2 Å². The van der Waals surface area contributed by atoms with E-state index in [-0.39, 0.29) is 24.8 Å². The second kappa shape index (κ2) is 10.2. The van der Waals surface area contributed by atoms with Crippen LogP contribution in [0.4, 0.5) is 11.4 Å². The Bertz CT molecular complexity index is 1240. The maximum absolute atomic E-state index is 12.4. The molecule has 1 heterocycles. The van der Waals surface area contributed by atoms with Crippen LogP contribution in [0.5, 0.6) is 5.75 Å². The van der Waals surface area contributed by atoms with Crippen LogP contribution >= 0.6 is 0 Å². The highest BCUT2D eigenvalue weighted by atomic mass is 16.5. The predicted molar refractivity (Wildman–Crippen MR) is 124 cm³/mol. The van der Waals surface area contributed by atoms with Gasteiger partial charge < -0.3 is 19.8 Å². The van der Waals surface area contributed by atoms with Gasteiger partial charge in [0.1, 0.15) is 5.75 Å². The first kappa shape index (κ1) is 21.8. The Balaban J connectivity index is 1.31. The fourth-order valence-electron chi connectivity index (χ4n) is 3.12. The van der Waals surface area contributed by atoms with Gasteiger partial charge in [0.25, 0.3) is 5.89 Å². The van der Waals surface area contributed by atoms with E-state index in [2.05, 4.69) is 20.8 Å². The molecule has 0 bridgehead atoms. The highest BCUT2D eigenvalue weighted by Gasteiger charge is 2.10. The molecule has 2 N–H and O–H groups in total. The van der Waals surface area contributed by atoms with Crippen molar-refractivity contribution in [3.05, 3.63) is 90.3 Å². The molecule has 4 rings (SSSR count). The summed E-state index contributed by atoms with van der Waals surface area (Å²) in [7, 11) is 0. The van der Waals surface area contributed by atoms with Gasteiger partial charge >= 0.3 is 0 Å². The van der Waals surface area contributed by atoms with Crippen LogP contribution in [0.2, 0.25) is 0 Å². The largest absolute Gasteiger partial charge is 0.484 e. The molecule has 33 heavy (non-hydrogen) atoms. The minimum absolute atomic E-state index is 0.109. The van der Waals surface area contributed by atoms with E-state index >= 15 is 0 Å². The number of anilines is 2. The molecular formula is C25H22N4O4. The molecule has 0 fully saturated rings. The lowest BCUT2D eigenvalue weighted by atomic mass is 10.1. The van der Waals surface area contributed by atoms with Gasteiger partial charge in [0.2, 0.25) is 17.7 Å². The van der Waals surface area contributed by atoms with E-state index < -0.39 is 0 Å². The van der Waals surface area contributed by atoms with Crippen molar-refractivity contribution in [2.45, 2.75) is 20.0 Å². The van der Waals surface area contributed by atoms with Crippen LogP contribution in [0, 0.1) is 0 Å². The van der Waals surface area contributed by atoms with Crippen molar-refractivity contribution in [2.75, 3.05) is 10.6 Å². The number of hydrogen-bond donors (Lipinski definition) is 2. The third-order valence-electron chi connectivity index (χ3n) is 4.61. The minimum Gasteiger partial charge on any atom is -0.484 e. The zero-order chi connectivity index (χ0) is 23.0. The zero-order valence-corrected chi connectivity index (χ0v) is 17.9. The molecule has 1 aromatic heterocycles. The van der Waals surface area contributed by atoms with Gasteiger partial charge in [0, 0.05) is 29.9 Å². The Morgan fingerprint density at radius 1 is 0.879 bits per heavy atom. The number of nitrogens with zero attached hydrogens (tertiary/aromatic N) is 2. The van der Waals surface area contributed by atoms with Crippen molar-refractivity contribution in [3.63, 3.8) is 0 Å². The molecule has 2 amide bonds. The molecule has 0 spiro atoms. The maximum Gasteiger partial charge on any atom is 0.254 e. The average Bonchev–Trinajstić information content (AvgIpc) is 3.29. The second-order valence-corrected chi connectivity index (χ2v) is 7.29. The number of benzene rings is 3. The second-order valence-electron chi connectivity index (χ2n) is 7.29. The summed E-state index contributed by atoms with van der Waals surface area (Å²) in [6, 6.07) is 23.7. The number of hydrogen-bond acceptors (Lipinski definition) is 6. The monoisotopic (exact) mass is 442 g/mol. The van der Waals surface area contributed by atoms with Crippen LogP contribution < -0.4 is 15.4 Å². The first-order valence-corrected chi connectivity index (χ1v) is 10.3. The molecule has 0 aliphatic heterocycles. The molecule has 8 heteroatoms. The number of ether oxygens (including phenoxy) is 1. The molecule has 3 aromatic carbocycles. The fourth-order valence-corrected chi connectivity index (χ4v) is 3.12. The van der Waals surface area contributed by atoms with Crippen molar-refractivity contribution < 1.29 is 18.7 Å². The predicted octanol–water partition coefficient (Wildman–Crippen LogP) is 4.46. The summed E-state index contributed by atoms with van der Waals surface area (Å²) in [5.74, 6) is 1.04. The Kier molecular flexibility index (Phi) is 6.75. The summed E-state index contributed by atoms with van der Waals surface area (Å²) in [5, 5.41) is 13.6. The van der Waals surface area contributed by atoms with Crippen molar-refractivity contribution in [2.24, 2.45) is 0 Å². The number of rotatable bonds is 8. The highest BCUT2D eigenvalue weighted by molar-refractivity contribution is 5.92. The van der Waals surface area contributed by atoms with Crippen LogP contribution in [-0.4, -0.2) is 22.0 Å². The van der Waals surface area contributed by atoms with E-state index in [1.807, 2.05) is 30.3 Å². The molecular weight excluding hydrogens is 420 g/mol. The maximum atomic E-state index is 12.4. The van der Waals surface area contributed by atoms with E-state index in [4.69, 9.17) is 9.15 Å². The Hall–Kier alpha value is -4.46. The minimum atomic E-state index is -0.163. The van der Waals surface area contributed by atoms with Crippen molar-refractivity contribution >= 4 is 23.2 Å². The summed E-state index contributed by atoms with van der Waals surface area (Å²) in [6.07, 6.45) is 0.204. The van der Waals surface area contributed by atoms with E-state index in [1.165, 1.54) is 6.92 Å². The molecule has 0 atom stereocenters. The van der Waals surface area contributed by atoms with E-state index in [1.54, 1.807) is 48.5 Å². The number of nitrogens with one attached hydrogen (secondary N) is 2. The molecule has 0 aliphatic carbocycles. The van der Waals surface area contributed by atoms with Crippen molar-refractivity contribution in [3.8, 4) is 17.2 Å². The smallest absolute Gasteiger partial charge is 0.254 e. The van der Waals surface area contributed by atoms with Crippen LogP contribution in [0.25, 0.3) is 11.5 Å². The molecule has 0 radical (unpaired) electrons. The third-order valence-corrected chi connectivity index (χ3v) is 4.61. The summed E-state index contributed by atoms with van der Waals surface area (Å²) in [4.78, 5) is 23.5. The Morgan fingerprint density at radius 3 is 2.42 bits per heavy atom. The Labute approximate surface area is 190 Å². The number of amides is 2. The standard InChI is InChI=1S/C25H22N4O4/c1-17(30)26-20-12-10-18(11-13-20)14-23(31)27-21-8-5-9-22(15-21)32-16-24-28-29-25(33-24)19-6-3-2-4-7-19/h2-13,15H,14,16H2,1H3,(H,26,30)(H,27,31). The normalized spacial score (nSPS) is 10.5. The van der Waals surface area contributed by atoms with E-state index in [9.17, 15) is 9.59 Å². The lowest BCUT2D eigenvalue weighted by Gasteiger charge is -2.09. The summed E-state index contributed by atoms with van der Waals surface area (Å²) < 4.78 is 11.4. The molecule has 0 unspecified atom stereocenters. The van der Waals surface area contributed by atoms with Crippen LogP contribution in [0.3, 0.4) is 0 Å². The van der Waals surface area contributed by atoms with Gasteiger partial charge in [0.15, 0.2) is 6.61 Å². The summed E-state index contributed by atoms with van der Waals surface area (Å²) >= 11 is 0. The highest BCUT2D eigenvalue weighted by Crippen LogP contribution is 2.21.